The highest BCUT2D eigenvalue weighted by molar-refractivity contribution is 5.41. The van der Waals surface area contributed by atoms with E-state index in [-0.39, 0.29) is 5.56 Å². The number of rotatable bonds is 4. The second kappa shape index (κ2) is 6.06. The third-order valence-electron chi connectivity index (χ3n) is 4.03. The SMILES string of the molecule is CCc1ccccc1-n1[nH]c(C)c(Cc2ccccc2)c1=O. The summed E-state index contributed by atoms with van der Waals surface area (Å²) in [6.45, 7) is 4.06. The van der Waals surface area contributed by atoms with Crippen LogP contribution in [0.5, 0.6) is 0 Å². The number of H-pyrrole nitrogens is 1. The van der Waals surface area contributed by atoms with Crippen molar-refractivity contribution in [1.82, 2.24) is 9.78 Å². The lowest BCUT2D eigenvalue weighted by molar-refractivity contribution is 0.821. The van der Waals surface area contributed by atoms with Crippen molar-refractivity contribution in [3.63, 3.8) is 0 Å². The van der Waals surface area contributed by atoms with Crippen LogP contribution in [0, 0.1) is 6.92 Å². The molecule has 0 amide bonds. The zero-order valence-corrected chi connectivity index (χ0v) is 13.0. The first-order valence-electron chi connectivity index (χ1n) is 7.63. The number of aryl methyl sites for hydroxylation is 2. The van der Waals surface area contributed by atoms with Crippen LogP contribution in [0.15, 0.2) is 59.4 Å². The molecule has 0 saturated heterocycles. The first kappa shape index (κ1) is 14.4. The highest BCUT2D eigenvalue weighted by atomic mass is 16.1. The van der Waals surface area contributed by atoms with Crippen LogP contribution < -0.4 is 5.56 Å². The molecule has 1 aromatic heterocycles. The summed E-state index contributed by atoms with van der Waals surface area (Å²) in [5.74, 6) is 0. The number of nitrogens with one attached hydrogen (secondary N) is 1. The van der Waals surface area contributed by atoms with Gasteiger partial charge in [-0.3, -0.25) is 9.89 Å². The van der Waals surface area contributed by atoms with Crippen molar-refractivity contribution < 1.29 is 0 Å². The van der Waals surface area contributed by atoms with Crippen molar-refractivity contribution in [3.8, 4) is 5.69 Å². The summed E-state index contributed by atoms with van der Waals surface area (Å²) in [6, 6.07) is 18.1. The van der Waals surface area contributed by atoms with Gasteiger partial charge in [-0.1, -0.05) is 55.5 Å². The van der Waals surface area contributed by atoms with E-state index < -0.39 is 0 Å². The highest BCUT2D eigenvalue weighted by Gasteiger charge is 2.14. The molecule has 0 fully saturated rings. The van der Waals surface area contributed by atoms with Crippen LogP contribution in [0.25, 0.3) is 5.69 Å². The van der Waals surface area contributed by atoms with E-state index in [1.165, 1.54) is 0 Å². The summed E-state index contributed by atoms with van der Waals surface area (Å²) < 4.78 is 1.67. The first-order chi connectivity index (χ1) is 10.7. The van der Waals surface area contributed by atoms with Crippen LogP contribution in [-0.4, -0.2) is 9.78 Å². The predicted molar refractivity (Wildman–Crippen MR) is 89.8 cm³/mol. The number of hydrogen-bond acceptors (Lipinski definition) is 1. The molecule has 0 unspecified atom stereocenters. The maximum Gasteiger partial charge on any atom is 0.275 e. The standard InChI is InChI=1S/C19H20N2O/c1-3-16-11-7-8-12-18(16)21-19(22)17(14(2)20-21)13-15-9-5-4-6-10-15/h4-12,20H,3,13H2,1-2H3. The molecule has 3 heteroatoms. The van der Waals surface area contributed by atoms with Gasteiger partial charge in [0, 0.05) is 17.7 Å². The molecule has 0 aliphatic carbocycles. The van der Waals surface area contributed by atoms with Crippen LogP contribution in [0.4, 0.5) is 0 Å². The van der Waals surface area contributed by atoms with Gasteiger partial charge < -0.3 is 0 Å². The lowest BCUT2D eigenvalue weighted by atomic mass is 10.1. The molecule has 3 aromatic rings. The molecule has 1 heterocycles. The summed E-state index contributed by atoms with van der Waals surface area (Å²) in [7, 11) is 0. The van der Waals surface area contributed by atoms with Crippen LogP contribution in [-0.2, 0) is 12.8 Å². The van der Waals surface area contributed by atoms with Crippen molar-refractivity contribution in [2.45, 2.75) is 26.7 Å². The van der Waals surface area contributed by atoms with Crippen molar-refractivity contribution in [3.05, 3.63) is 87.3 Å². The summed E-state index contributed by atoms with van der Waals surface area (Å²) in [4.78, 5) is 12.8. The largest absolute Gasteiger partial charge is 0.295 e. The van der Waals surface area contributed by atoms with E-state index in [9.17, 15) is 4.79 Å². The van der Waals surface area contributed by atoms with E-state index in [1.54, 1.807) is 4.68 Å². The number of aromatic amines is 1. The minimum absolute atomic E-state index is 0.0438. The van der Waals surface area contributed by atoms with Crippen molar-refractivity contribution >= 4 is 0 Å². The van der Waals surface area contributed by atoms with Gasteiger partial charge in [-0.15, -0.1) is 0 Å². The molecule has 0 aliphatic rings. The molecule has 0 saturated carbocycles. The smallest absolute Gasteiger partial charge is 0.275 e. The average molecular weight is 292 g/mol. The molecule has 0 bridgehead atoms. The Kier molecular flexibility index (Phi) is 3.96. The van der Waals surface area contributed by atoms with Gasteiger partial charge in [0.05, 0.1) is 5.69 Å². The van der Waals surface area contributed by atoms with Crippen LogP contribution in [0.2, 0.25) is 0 Å². The van der Waals surface area contributed by atoms with E-state index in [0.717, 1.165) is 34.5 Å². The number of nitrogens with zero attached hydrogens (tertiary/aromatic N) is 1. The Labute approximate surface area is 130 Å². The molecule has 22 heavy (non-hydrogen) atoms. The lowest BCUT2D eigenvalue weighted by Gasteiger charge is -2.07. The molecule has 1 N–H and O–H groups in total. The maximum atomic E-state index is 12.8. The van der Waals surface area contributed by atoms with Gasteiger partial charge in [0.15, 0.2) is 0 Å². The van der Waals surface area contributed by atoms with Crippen LogP contribution >= 0.6 is 0 Å². The molecular weight excluding hydrogens is 272 g/mol. The third-order valence-corrected chi connectivity index (χ3v) is 4.03. The number of aromatic nitrogens is 2. The summed E-state index contributed by atoms with van der Waals surface area (Å²) in [6.07, 6.45) is 1.55. The maximum absolute atomic E-state index is 12.8. The first-order valence-corrected chi connectivity index (χ1v) is 7.63. The molecule has 0 aliphatic heterocycles. The van der Waals surface area contributed by atoms with E-state index in [4.69, 9.17) is 0 Å². The molecule has 3 nitrogen and oxygen atoms in total. The zero-order chi connectivity index (χ0) is 15.5. The molecule has 3 rings (SSSR count). The van der Waals surface area contributed by atoms with Gasteiger partial charge in [-0.25, -0.2) is 4.68 Å². The van der Waals surface area contributed by atoms with E-state index in [0.29, 0.717) is 6.42 Å². The molecule has 0 spiro atoms. The highest BCUT2D eigenvalue weighted by Crippen LogP contribution is 2.15. The molecule has 0 atom stereocenters. The Morgan fingerprint density at radius 1 is 1.00 bits per heavy atom. The van der Waals surface area contributed by atoms with E-state index >= 15 is 0 Å². The number of benzene rings is 2. The topological polar surface area (TPSA) is 37.8 Å². The fourth-order valence-corrected chi connectivity index (χ4v) is 2.79. The van der Waals surface area contributed by atoms with Crippen molar-refractivity contribution in [1.29, 1.82) is 0 Å². The molecule has 0 radical (unpaired) electrons. The van der Waals surface area contributed by atoms with Crippen LogP contribution in [0.3, 0.4) is 0 Å². The van der Waals surface area contributed by atoms with Gasteiger partial charge in [0.2, 0.25) is 0 Å². The van der Waals surface area contributed by atoms with Crippen molar-refractivity contribution in [2.75, 3.05) is 0 Å². The fraction of sp³-hybridized carbons (Fsp3) is 0.211. The Morgan fingerprint density at radius 2 is 1.68 bits per heavy atom. The van der Waals surface area contributed by atoms with Gasteiger partial charge >= 0.3 is 0 Å². The number of para-hydroxylation sites is 1. The number of hydrogen-bond donors (Lipinski definition) is 1. The minimum atomic E-state index is 0.0438. The normalized spacial score (nSPS) is 10.8. The Morgan fingerprint density at radius 3 is 2.41 bits per heavy atom. The van der Waals surface area contributed by atoms with Gasteiger partial charge in [-0.05, 0) is 30.5 Å². The fourth-order valence-electron chi connectivity index (χ4n) is 2.79. The second-order valence-electron chi connectivity index (χ2n) is 5.50. The Bertz CT molecular complexity index is 828. The van der Waals surface area contributed by atoms with E-state index in [2.05, 4.69) is 30.2 Å². The molecule has 2 aromatic carbocycles. The lowest BCUT2D eigenvalue weighted by Crippen LogP contribution is -2.18. The second-order valence-corrected chi connectivity index (χ2v) is 5.50. The van der Waals surface area contributed by atoms with Crippen LogP contribution in [0.1, 0.15) is 29.3 Å². The Hall–Kier alpha value is -2.55. The zero-order valence-electron chi connectivity index (χ0n) is 13.0. The molecular formula is C19H20N2O. The summed E-state index contributed by atoms with van der Waals surface area (Å²) in [5.41, 5.74) is 5.06. The van der Waals surface area contributed by atoms with E-state index in [1.807, 2.05) is 43.3 Å². The van der Waals surface area contributed by atoms with Crippen molar-refractivity contribution in [2.24, 2.45) is 0 Å². The van der Waals surface area contributed by atoms with Gasteiger partial charge in [0.1, 0.15) is 0 Å². The van der Waals surface area contributed by atoms with Gasteiger partial charge in [-0.2, -0.15) is 0 Å². The predicted octanol–water partition coefficient (Wildman–Crippen LogP) is 3.63. The third kappa shape index (κ3) is 2.62. The average Bonchev–Trinajstić information content (AvgIpc) is 2.84. The summed E-state index contributed by atoms with van der Waals surface area (Å²) in [5, 5.41) is 3.23. The van der Waals surface area contributed by atoms with Gasteiger partial charge in [0.25, 0.3) is 5.56 Å². The molecule has 112 valence electrons. The monoisotopic (exact) mass is 292 g/mol. The summed E-state index contributed by atoms with van der Waals surface area (Å²) >= 11 is 0. The Balaban J connectivity index is 2.06. The quantitative estimate of drug-likeness (QED) is 0.783. The minimum Gasteiger partial charge on any atom is -0.295 e.